The lowest BCUT2D eigenvalue weighted by Gasteiger charge is -2.36. The van der Waals surface area contributed by atoms with Gasteiger partial charge in [-0.1, -0.05) is 48.9 Å². The average molecular weight is 404 g/mol. The van der Waals surface area contributed by atoms with Gasteiger partial charge in [0.15, 0.2) is 0 Å². The van der Waals surface area contributed by atoms with Crippen LogP contribution in [0.5, 0.6) is 0 Å². The fourth-order valence-corrected chi connectivity index (χ4v) is 4.28. The highest BCUT2D eigenvalue weighted by molar-refractivity contribution is 6.45. The largest absolute Gasteiger partial charge is 0.364 e. The van der Waals surface area contributed by atoms with Crippen LogP contribution >= 0.6 is 0 Å². The number of benzene rings is 2. The number of anilines is 1. The van der Waals surface area contributed by atoms with Crippen molar-refractivity contribution < 1.29 is 9.59 Å². The molecular weight excluding hydrogens is 374 g/mol. The highest BCUT2D eigenvalue weighted by Crippen LogP contribution is 2.37. The molecule has 2 aromatic carbocycles. The zero-order valence-corrected chi connectivity index (χ0v) is 18.2. The Kier molecular flexibility index (Phi) is 5.48. The van der Waals surface area contributed by atoms with Gasteiger partial charge in [-0.2, -0.15) is 0 Å². The normalized spacial score (nSPS) is 18.0. The molecule has 156 valence electrons. The summed E-state index contributed by atoms with van der Waals surface area (Å²) >= 11 is 0. The van der Waals surface area contributed by atoms with Gasteiger partial charge in [-0.05, 0) is 50.1 Å². The molecule has 0 spiro atoms. The molecule has 30 heavy (non-hydrogen) atoms. The van der Waals surface area contributed by atoms with E-state index in [2.05, 4.69) is 16.7 Å². The summed E-state index contributed by atoms with van der Waals surface area (Å²) in [5.74, 6) is -0.445. The minimum atomic E-state index is -0.231. The second-order valence-corrected chi connectivity index (χ2v) is 8.18. The van der Waals surface area contributed by atoms with Crippen molar-refractivity contribution >= 4 is 23.1 Å². The van der Waals surface area contributed by atoms with E-state index in [1.54, 1.807) is 0 Å². The summed E-state index contributed by atoms with van der Waals surface area (Å²) in [4.78, 5) is 33.2. The number of imide groups is 1. The minimum Gasteiger partial charge on any atom is -0.364 e. The smallest absolute Gasteiger partial charge is 0.282 e. The first-order chi connectivity index (χ1) is 14.4. The van der Waals surface area contributed by atoms with Crippen LogP contribution in [0.25, 0.3) is 5.57 Å². The molecule has 5 nitrogen and oxygen atoms in total. The highest BCUT2D eigenvalue weighted by Gasteiger charge is 2.43. The number of hydrogen-bond acceptors (Lipinski definition) is 4. The topological polar surface area (TPSA) is 43.9 Å². The second kappa shape index (κ2) is 8.07. The number of carbonyl (C=O) groups excluding carboxylic acids is 2. The first-order valence-corrected chi connectivity index (χ1v) is 10.7. The lowest BCUT2D eigenvalue weighted by molar-refractivity contribution is -0.120. The number of rotatable bonds is 4. The van der Waals surface area contributed by atoms with Crippen LogP contribution in [0.1, 0.15) is 29.2 Å². The van der Waals surface area contributed by atoms with Crippen molar-refractivity contribution in [3.63, 3.8) is 0 Å². The lowest BCUT2D eigenvalue weighted by Crippen LogP contribution is -2.47. The molecule has 2 heterocycles. The van der Waals surface area contributed by atoms with Crippen molar-refractivity contribution in [2.45, 2.75) is 27.7 Å². The van der Waals surface area contributed by atoms with Crippen molar-refractivity contribution in [2.75, 3.05) is 37.6 Å². The molecule has 4 rings (SSSR count). The van der Waals surface area contributed by atoms with E-state index >= 15 is 0 Å². The van der Waals surface area contributed by atoms with Crippen LogP contribution in [0.2, 0.25) is 0 Å². The maximum Gasteiger partial charge on any atom is 0.282 e. The fraction of sp³-hybridized carbons (Fsp3) is 0.360. The minimum absolute atomic E-state index is 0.214. The van der Waals surface area contributed by atoms with Gasteiger partial charge in [0.2, 0.25) is 0 Å². The molecular formula is C25H29N3O2. The zero-order valence-electron chi connectivity index (χ0n) is 18.2. The Balaban J connectivity index is 1.80. The van der Waals surface area contributed by atoms with Crippen LogP contribution in [0.15, 0.2) is 48.2 Å². The van der Waals surface area contributed by atoms with Gasteiger partial charge in [-0.25, -0.2) is 4.90 Å². The molecule has 2 amide bonds. The van der Waals surface area contributed by atoms with E-state index in [1.807, 2.05) is 63.2 Å². The molecule has 5 heteroatoms. The number of nitrogens with zero attached hydrogens (tertiary/aromatic N) is 3. The van der Waals surface area contributed by atoms with Crippen LogP contribution in [-0.4, -0.2) is 54.3 Å². The van der Waals surface area contributed by atoms with E-state index in [0.29, 0.717) is 17.0 Å². The van der Waals surface area contributed by atoms with E-state index in [-0.39, 0.29) is 11.8 Å². The van der Waals surface area contributed by atoms with Crippen LogP contribution in [-0.2, 0) is 9.59 Å². The van der Waals surface area contributed by atoms with Crippen molar-refractivity contribution in [3.8, 4) is 0 Å². The Bertz CT molecular complexity index is 1020. The Morgan fingerprint density at radius 1 is 0.833 bits per heavy atom. The molecule has 1 saturated heterocycles. The third-order valence-electron chi connectivity index (χ3n) is 6.35. The SMILES string of the molecule is CCN1CCN(C2=C(c3ccc(C)cc3)C(=O)N(c3cccc(C)c3C)C2=O)CC1. The number of aryl methyl sites for hydroxylation is 2. The quantitative estimate of drug-likeness (QED) is 0.733. The average Bonchev–Trinajstić information content (AvgIpc) is 3.01. The summed E-state index contributed by atoms with van der Waals surface area (Å²) in [6, 6.07) is 13.7. The molecule has 0 atom stereocenters. The van der Waals surface area contributed by atoms with Gasteiger partial charge in [0, 0.05) is 26.2 Å². The van der Waals surface area contributed by atoms with Crippen LogP contribution in [0.3, 0.4) is 0 Å². The summed E-state index contributed by atoms with van der Waals surface area (Å²) in [6.07, 6.45) is 0. The maximum atomic E-state index is 13.7. The predicted octanol–water partition coefficient (Wildman–Crippen LogP) is 3.53. The maximum absolute atomic E-state index is 13.7. The Hall–Kier alpha value is -2.92. The third-order valence-corrected chi connectivity index (χ3v) is 6.35. The molecule has 0 aliphatic carbocycles. The molecule has 0 aromatic heterocycles. The summed E-state index contributed by atoms with van der Waals surface area (Å²) in [6.45, 7) is 12.4. The van der Waals surface area contributed by atoms with Crippen LogP contribution in [0.4, 0.5) is 5.69 Å². The third kappa shape index (κ3) is 3.43. The number of hydrogen-bond donors (Lipinski definition) is 0. The number of piperazine rings is 1. The Labute approximate surface area is 178 Å². The highest BCUT2D eigenvalue weighted by atomic mass is 16.2. The summed E-state index contributed by atoms with van der Waals surface area (Å²) in [5.41, 5.74) is 5.69. The monoisotopic (exact) mass is 403 g/mol. The lowest BCUT2D eigenvalue weighted by atomic mass is 10.0. The van der Waals surface area contributed by atoms with Gasteiger partial charge in [0.05, 0.1) is 11.3 Å². The summed E-state index contributed by atoms with van der Waals surface area (Å²) < 4.78 is 0. The van der Waals surface area contributed by atoms with Gasteiger partial charge in [0.25, 0.3) is 11.8 Å². The number of carbonyl (C=O) groups is 2. The van der Waals surface area contributed by atoms with Crippen molar-refractivity contribution in [3.05, 3.63) is 70.4 Å². The molecule has 0 radical (unpaired) electrons. The van der Waals surface area contributed by atoms with Gasteiger partial charge in [-0.3, -0.25) is 9.59 Å². The predicted molar refractivity (Wildman–Crippen MR) is 120 cm³/mol. The van der Waals surface area contributed by atoms with E-state index < -0.39 is 0 Å². The summed E-state index contributed by atoms with van der Waals surface area (Å²) in [5, 5.41) is 0. The second-order valence-electron chi connectivity index (χ2n) is 8.18. The number of amides is 2. The Morgan fingerprint density at radius 3 is 2.13 bits per heavy atom. The molecule has 1 fully saturated rings. The van der Waals surface area contributed by atoms with Crippen LogP contribution < -0.4 is 4.90 Å². The molecule has 2 aliphatic heterocycles. The molecule has 0 N–H and O–H groups in total. The first kappa shape index (κ1) is 20.4. The number of likely N-dealkylation sites (N-methyl/N-ethyl adjacent to an activating group) is 1. The molecule has 0 bridgehead atoms. The first-order valence-electron chi connectivity index (χ1n) is 10.7. The van der Waals surface area contributed by atoms with E-state index in [0.717, 1.165) is 55.0 Å². The fourth-order valence-electron chi connectivity index (χ4n) is 4.28. The standard InChI is InChI=1S/C25H29N3O2/c1-5-26-13-15-27(16-14-26)23-22(20-11-9-17(2)10-12-20)24(29)28(25(23)30)21-8-6-7-18(3)19(21)4/h6-12H,5,13-16H2,1-4H3. The van der Waals surface area contributed by atoms with Gasteiger partial charge in [-0.15, -0.1) is 0 Å². The molecule has 0 saturated carbocycles. The van der Waals surface area contributed by atoms with Gasteiger partial charge < -0.3 is 9.80 Å². The molecule has 0 unspecified atom stereocenters. The van der Waals surface area contributed by atoms with E-state index in [1.165, 1.54) is 4.90 Å². The van der Waals surface area contributed by atoms with Crippen molar-refractivity contribution in [1.82, 2.24) is 9.80 Å². The Morgan fingerprint density at radius 2 is 1.50 bits per heavy atom. The van der Waals surface area contributed by atoms with Crippen LogP contribution in [0, 0.1) is 20.8 Å². The van der Waals surface area contributed by atoms with Gasteiger partial charge >= 0.3 is 0 Å². The molecule has 2 aromatic rings. The zero-order chi connectivity index (χ0) is 21.4. The van der Waals surface area contributed by atoms with Crippen molar-refractivity contribution in [2.24, 2.45) is 0 Å². The van der Waals surface area contributed by atoms with E-state index in [4.69, 9.17) is 0 Å². The summed E-state index contributed by atoms with van der Waals surface area (Å²) in [7, 11) is 0. The van der Waals surface area contributed by atoms with E-state index in [9.17, 15) is 9.59 Å². The van der Waals surface area contributed by atoms with Crippen molar-refractivity contribution in [1.29, 1.82) is 0 Å². The molecule has 2 aliphatic rings. The van der Waals surface area contributed by atoms with Gasteiger partial charge in [0.1, 0.15) is 5.70 Å².